The first-order valence-electron chi connectivity index (χ1n) is 8.45. The standard InChI is InChI=1S/C20H23N3O2S/c1-4-18(24)22-17-12-16(10-9-14(17)3)21-20(26)23-19(25)11-15-8-6-5-7-13(15)2/h5-10,12H,4,11H2,1-3H3,(H,22,24)(H2,21,23,25,26). The summed E-state index contributed by atoms with van der Waals surface area (Å²) in [6.07, 6.45) is 0.671. The number of rotatable bonds is 5. The van der Waals surface area contributed by atoms with Gasteiger partial charge in [-0.2, -0.15) is 0 Å². The molecule has 0 aliphatic rings. The van der Waals surface area contributed by atoms with Crippen LogP contribution in [0.3, 0.4) is 0 Å². The van der Waals surface area contributed by atoms with E-state index in [1.807, 2.05) is 50.2 Å². The first kappa shape index (κ1) is 19.6. The number of nitrogens with one attached hydrogen (secondary N) is 3. The van der Waals surface area contributed by atoms with Gasteiger partial charge in [-0.1, -0.05) is 37.3 Å². The maximum Gasteiger partial charge on any atom is 0.230 e. The van der Waals surface area contributed by atoms with E-state index in [1.54, 1.807) is 13.0 Å². The van der Waals surface area contributed by atoms with Gasteiger partial charge in [0, 0.05) is 17.8 Å². The van der Waals surface area contributed by atoms with E-state index in [0.717, 1.165) is 22.4 Å². The average Bonchev–Trinajstić information content (AvgIpc) is 2.59. The number of carbonyl (C=O) groups excluding carboxylic acids is 2. The van der Waals surface area contributed by atoms with E-state index in [4.69, 9.17) is 12.2 Å². The highest BCUT2D eigenvalue weighted by molar-refractivity contribution is 7.80. The fourth-order valence-corrected chi connectivity index (χ4v) is 2.62. The van der Waals surface area contributed by atoms with Crippen molar-refractivity contribution in [2.24, 2.45) is 0 Å². The van der Waals surface area contributed by atoms with Crippen molar-refractivity contribution in [1.29, 1.82) is 0 Å². The first-order chi connectivity index (χ1) is 12.4. The van der Waals surface area contributed by atoms with Crippen molar-refractivity contribution < 1.29 is 9.59 Å². The third kappa shape index (κ3) is 5.67. The Morgan fingerprint density at radius 2 is 1.69 bits per heavy atom. The Morgan fingerprint density at radius 3 is 2.38 bits per heavy atom. The van der Waals surface area contributed by atoms with Gasteiger partial charge in [0.2, 0.25) is 11.8 Å². The van der Waals surface area contributed by atoms with E-state index in [-0.39, 0.29) is 23.3 Å². The molecule has 0 atom stereocenters. The Hall–Kier alpha value is -2.73. The van der Waals surface area contributed by atoms with Crippen LogP contribution in [0.2, 0.25) is 0 Å². The van der Waals surface area contributed by atoms with Crippen LogP contribution in [0.5, 0.6) is 0 Å². The molecule has 0 fully saturated rings. The van der Waals surface area contributed by atoms with E-state index in [9.17, 15) is 9.59 Å². The molecule has 0 saturated heterocycles. The van der Waals surface area contributed by atoms with Crippen molar-refractivity contribution in [2.75, 3.05) is 10.6 Å². The van der Waals surface area contributed by atoms with Gasteiger partial charge in [0.15, 0.2) is 5.11 Å². The Morgan fingerprint density at radius 1 is 0.962 bits per heavy atom. The number of hydrogen-bond acceptors (Lipinski definition) is 3. The van der Waals surface area contributed by atoms with Gasteiger partial charge in [-0.05, 0) is 54.9 Å². The van der Waals surface area contributed by atoms with Gasteiger partial charge < -0.3 is 16.0 Å². The molecule has 0 bridgehead atoms. The maximum atomic E-state index is 12.2. The Labute approximate surface area is 159 Å². The summed E-state index contributed by atoms with van der Waals surface area (Å²) in [5.41, 5.74) is 4.40. The molecule has 3 N–H and O–H groups in total. The molecule has 0 aliphatic heterocycles. The topological polar surface area (TPSA) is 70.2 Å². The summed E-state index contributed by atoms with van der Waals surface area (Å²) >= 11 is 5.22. The number of hydrogen-bond donors (Lipinski definition) is 3. The van der Waals surface area contributed by atoms with Crippen LogP contribution in [0.1, 0.15) is 30.0 Å². The number of carbonyl (C=O) groups is 2. The van der Waals surface area contributed by atoms with Gasteiger partial charge in [-0.25, -0.2) is 0 Å². The Balaban J connectivity index is 1.97. The molecule has 26 heavy (non-hydrogen) atoms. The lowest BCUT2D eigenvalue weighted by Crippen LogP contribution is -2.35. The largest absolute Gasteiger partial charge is 0.332 e. The lowest BCUT2D eigenvalue weighted by molar-refractivity contribution is -0.119. The smallest absolute Gasteiger partial charge is 0.230 e. The Kier molecular flexibility index (Phi) is 6.86. The zero-order valence-corrected chi connectivity index (χ0v) is 16.0. The molecule has 0 saturated carbocycles. The summed E-state index contributed by atoms with van der Waals surface area (Å²) in [7, 11) is 0. The van der Waals surface area contributed by atoms with Crippen LogP contribution in [-0.2, 0) is 16.0 Å². The summed E-state index contributed by atoms with van der Waals surface area (Å²) in [4.78, 5) is 23.8. The van der Waals surface area contributed by atoms with E-state index in [0.29, 0.717) is 12.1 Å². The second-order valence-electron chi connectivity index (χ2n) is 6.04. The number of thiocarbonyl (C=S) groups is 1. The summed E-state index contributed by atoms with van der Waals surface area (Å²) in [5.74, 6) is -0.234. The first-order valence-corrected chi connectivity index (χ1v) is 8.85. The maximum absolute atomic E-state index is 12.2. The molecule has 6 heteroatoms. The molecular weight excluding hydrogens is 346 g/mol. The van der Waals surface area contributed by atoms with Gasteiger partial charge in [0.05, 0.1) is 6.42 Å². The highest BCUT2D eigenvalue weighted by Gasteiger charge is 2.09. The van der Waals surface area contributed by atoms with E-state index in [1.165, 1.54) is 0 Å². The minimum absolute atomic E-state index is 0.0561. The normalized spacial score (nSPS) is 10.1. The molecule has 136 valence electrons. The molecule has 0 unspecified atom stereocenters. The Bertz CT molecular complexity index is 834. The van der Waals surface area contributed by atoms with Gasteiger partial charge in [0.25, 0.3) is 0 Å². The highest BCUT2D eigenvalue weighted by Crippen LogP contribution is 2.20. The predicted octanol–water partition coefficient (Wildman–Crippen LogP) is 3.71. The molecule has 2 aromatic carbocycles. The molecular formula is C20H23N3O2S. The van der Waals surface area contributed by atoms with Crippen LogP contribution in [0.15, 0.2) is 42.5 Å². The summed E-state index contributed by atoms with van der Waals surface area (Å²) in [6.45, 7) is 5.68. The average molecular weight is 369 g/mol. The summed E-state index contributed by atoms with van der Waals surface area (Å²) in [5, 5.41) is 8.73. The van der Waals surface area contributed by atoms with Crippen LogP contribution in [0, 0.1) is 13.8 Å². The molecule has 5 nitrogen and oxygen atoms in total. The third-order valence-corrected chi connectivity index (χ3v) is 4.16. The molecule has 0 heterocycles. The summed E-state index contributed by atoms with van der Waals surface area (Å²) < 4.78 is 0. The number of benzene rings is 2. The van der Waals surface area contributed by atoms with Crippen molar-refractivity contribution in [1.82, 2.24) is 5.32 Å². The number of amides is 2. The van der Waals surface area contributed by atoms with Crippen molar-refractivity contribution in [3.63, 3.8) is 0 Å². The zero-order chi connectivity index (χ0) is 19.1. The van der Waals surface area contributed by atoms with Crippen LogP contribution in [-0.4, -0.2) is 16.9 Å². The van der Waals surface area contributed by atoms with Gasteiger partial charge in [0.1, 0.15) is 0 Å². The van der Waals surface area contributed by atoms with Gasteiger partial charge in [-0.15, -0.1) is 0 Å². The minimum atomic E-state index is -0.177. The lowest BCUT2D eigenvalue weighted by atomic mass is 10.1. The molecule has 2 amide bonds. The number of anilines is 2. The monoisotopic (exact) mass is 369 g/mol. The second kappa shape index (κ2) is 9.10. The van der Waals surface area contributed by atoms with Gasteiger partial charge >= 0.3 is 0 Å². The van der Waals surface area contributed by atoms with Crippen LogP contribution in [0.25, 0.3) is 0 Å². The van der Waals surface area contributed by atoms with Crippen LogP contribution >= 0.6 is 12.2 Å². The summed E-state index contributed by atoms with van der Waals surface area (Å²) in [6, 6.07) is 13.3. The van der Waals surface area contributed by atoms with Crippen molar-refractivity contribution in [3.8, 4) is 0 Å². The molecule has 2 aromatic rings. The van der Waals surface area contributed by atoms with Crippen molar-refractivity contribution in [3.05, 3.63) is 59.2 Å². The quantitative estimate of drug-likeness (QED) is 0.703. The molecule has 0 aliphatic carbocycles. The predicted molar refractivity (Wildman–Crippen MR) is 109 cm³/mol. The molecule has 0 radical (unpaired) electrons. The lowest BCUT2D eigenvalue weighted by Gasteiger charge is -2.13. The minimum Gasteiger partial charge on any atom is -0.332 e. The SMILES string of the molecule is CCC(=O)Nc1cc(NC(=S)NC(=O)Cc2ccccc2C)ccc1C. The second-order valence-corrected chi connectivity index (χ2v) is 6.45. The van der Waals surface area contributed by atoms with Crippen molar-refractivity contribution in [2.45, 2.75) is 33.6 Å². The van der Waals surface area contributed by atoms with E-state index < -0.39 is 0 Å². The molecule has 0 spiro atoms. The fourth-order valence-electron chi connectivity index (χ4n) is 2.39. The van der Waals surface area contributed by atoms with Crippen molar-refractivity contribution >= 4 is 40.5 Å². The molecule has 2 rings (SSSR count). The van der Waals surface area contributed by atoms with E-state index in [2.05, 4.69) is 16.0 Å². The molecule has 0 aromatic heterocycles. The van der Waals surface area contributed by atoms with Crippen LogP contribution in [0.4, 0.5) is 11.4 Å². The van der Waals surface area contributed by atoms with Crippen LogP contribution < -0.4 is 16.0 Å². The third-order valence-electron chi connectivity index (χ3n) is 3.96. The van der Waals surface area contributed by atoms with Gasteiger partial charge in [-0.3, -0.25) is 9.59 Å². The fraction of sp³-hybridized carbons (Fsp3) is 0.250. The highest BCUT2D eigenvalue weighted by atomic mass is 32.1. The van der Waals surface area contributed by atoms with E-state index >= 15 is 0 Å². The zero-order valence-electron chi connectivity index (χ0n) is 15.2. The number of aryl methyl sites for hydroxylation is 2.